The lowest BCUT2D eigenvalue weighted by Crippen LogP contribution is -2.46. The second-order valence-corrected chi connectivity index (χ2v) is 14.6. The third kappa shape index (κ3) is 4.51. The van der Waals surface area contributed by atoms with Crippen LogP contribution in [0.25, 0.3) is 43.1 Å². The van der Waals surface area contributed by atoms with Gasteiger partial charge in [0.15, 0.2) is 0 Å². The van der Waals surface area contributed by atoms with Crippen LogP contribution in [0.4, 0.5) is 5.69 Å². The molecule has 0 saturated heterocycles. The first-order chi connectivity index (χ1) is 24.5. The minimum Gasteiger partial charge on any atom is -0.456 e. The molecule has 0 aliphatic carbocycles. The van der Waals surface area contributed by atoms with Gasteiger partial charge in [-0.15, -0.1) is 0 Å². The quantitative estimate of drug-likeness (QED) is 0.0974. The highest BCUT2D eigenvalue weighted by atomic mass is 35.5. The van der Waals surface area contributed by atoms with Crippen molar-refractivity contribution in [3.05, 3.63) is 123 Å². The summed E-state index contributed by atoms with van der Waals surface area (Å²) in [7, 11) is 0. The molecule has 4 amide bonds. The first kappa shape index (κ1) is 31.5. The van der Waals surface area contributed by atoms with Crippen molar-refractivity contribution in [3.63, 3.8) is 0 Å². The minimum absolute atomic E-state index is 0.227. The molecular weight excluding hydrogens is 683 g/mol. The van der Waals surface area contributed by atoms with Gasteiger partial charge in [0, 0.05) is 44.1 Å². The lowest BCUT2D eigenvalue weighted by Gasteiger charge is -2.33. The highest BCUT2D eigenvalue weighted by molar-refractivity contribution is 6.44. The third-order valence-electron chi connectivity index (χ3n) is 10.1. The first-order valence-electron chi connectivity index (χ1n) is 16.7. The number of fused-ring (bicyclic) bond motifs is 2. The molecule has 7 aromatic carbocycles. The topological polar surface area (TPSA) is 84.0 Å². The number of benzene rings is 7. The number of hydrogen-bond donors (Lipinski definition) is 0. The summed E-state index contributed by atoms with van der Waals surface area (Å²) in [5.74, 6) is -0.309. The molecule has 9 heteroatoms. The van der Waals surface area contributed by atoms with Crippen molar-refractivity contribution in [2.75, 3.05) is 4.90 Å². The van der Waals surface area contributed by atoms with Gasteiger partial charge in [0.05, 0.1) is 10.7 Å². The van der Waals surface area contributed by atoms with Crippen LogP contribution in [0.2, 0.25) is 10.0 Å². The Morgan fingerprint density at radius 3 is 1.49 bits per heavy atom. The van der Waals surface area contributed by atoms with E-state index in [1.54, 1.807) is 66.7 Å². The molecule has 2 heterocycles. The predicted octanol–water partition coefficient (Wildman–Crippen LogP) is 10.7. The second kappa shape index (κ2) is 11.3. The fraction of sp³-hybridized carbons (Fsp3) is 0.143. The predicted molar refractivity (Wildman–Crippen MR) is 201 cm³/mol. The Bertz CT molecular complexity index is 2580. The Hall–Kier alpha value is -5.50. The molecule has 0 saturated carbocycles. The number of ether oxygens (including phenoxy) is 1. The zero-order valence-electron chi connectivity index (χ0n) is 27.7. The first-order valence-corrected chi connectivity index (χ1v) is 17.5. The molecule has 7 nitrogen and oxygen atoms in total. The SMILES string of the molecule is CC(C)CC(C)N1C(=O)c2ccc3c4ccc5c6c(ccc(c7ccc(c2c37)C1=O)c64)C(=O)N(c1ccc(Oc2ccc(Cl)cc2)c(Cl)c1)C5=O. The number of anilines is 1. The van der Waals surface area contributed by atoms with E-state index in [-0.39, 0.29) is 22.9 Å². The summed E-state index contributed by atoms with van der Waals surface area (Å²) in [6.07, 6.45) is 0.706. The molecule has 0 fully saturated rings. The molecule has 250 valence electrons. The standard InChI is InChI=1S/C42H28Cl2N2O5/c1-20(2)18-21(3)45-39(47)29-13-9-25-27-11-15-31-38-32(16-12-28(36(27)38)26-10-14-30(40(45)48)37(29)35(25)26)42(50)46(41(31)49)23-6-17-34(33(44)19-23)51-24-7-4-22(43)5-8-24/h4-17,19-21H,18H2,1-3H3. The average molecular weight is 712 g/mol. The van der Waals surface area contributed by atoms with Crippen LogP contribution in [0.15, 0.2) is 91.0 Å². The number of amides is 4. The van der Waals surface area contributed by atoms with Gasteiger partial charge in [-0.25, -0.2) is 4.90 Å². The van der Waals surface area contributed by atoms with Gasteiger partial charge in [-0.3, -0.25) is 24.1 Å². The van der Waals surface area contributed by atoms with E-state index < -0.39 is 11.8 Å². The Labute approximate surface area is 302 Å². The zero-order valence-corrected chi connectivity index (χ0v) is 29.2. The van der Waals surface area contributed by atoms with Gasteiger partial charge in [0.25, 0.3) is 23.6 Å². The lowest BCUT2D eigenvalue weighted by atomic mass is 9.82. The highest BCUT2D eigenvalue weighted by Gasteiger charge is 2.39. The van der Waals surface area contributed by atoms with Gasteiger partial charge in [-0.1, -0.05) is 61.3 Å². The molecule has 51 heavy (non-hydrogen) atoms. The molecule has 0 bridgehead atoms. The zero-order chi connectivity index (χ0) is 35.5. The van der Waals surface area contributed by atoms with E-state index in [2.05, 4.69) is 13.8 Å². The molecule has 9 rings (SSSR count). The van der Waals surface area contributed by atoms with Crippen molar-refractivity contribution >= 4 is 95.6 Å². The number of carbonyl (C=O) groups is 4. The fourth-order valence-corrected chi connectivity index (χ4v) is 8.39. The maximum atomic E-state index is 14.2. The number of rotatable bonds is 6. The van der Waals surface area contributed by atoms with Crippen molar-refractivity contribution in [3.8, 4) is 11.5 Å². The van der Waals surface area contributed by atoms with Crippen LogP contribution in [0, 0.1) is 5.92 Å². The minimum atomic E-state index is -0.471. The summed E-state index contributed by atoms with van der Waals surface area (Å²) in [5, 5.41) is 6.98. The second-order valence-electron chi connectivity index (χ2n) is 13.7. The highest BCUT2D eigenvalue weighted by Crippen LogP contribution is 2.47. The normalized spacial score (nSPS) is 15.0. The van der Waals surface area contributed by atoms with Crippen LogP contribution in [0.3, 0.4) is 0 Å². The molecule has 1 unspecified atom stereocenters. The number of imide groups is 2. The molecule has 0 spiro atoms. The maximum Gasteiger partial charge on any atom is 0.265 e. The van der Waals surface area contributed by atoms with E-state index >= 15 is 0 Å². The van der Waals surface area contributed by atoms with E-state index in [0.29, 0.717) is 67.6 Å². The number of carbonyl (C=O) groups excluding carboxylic acids is 4. The van der Waals surface area contributed by atoms with E-state index in [1.807, 2.05) is 31.2 Å². The van der Waals surface area contributed by atoms with Crippen LogP contribution in [0.1, 0.15) is 68.6 Å². The van der Waals surface area contributed by atoms with Gasteiger partial charge >= 0.3 is 0 Å². The molecule has 2 aliphatic rings. The molecule has 0 N–H and O–H groups in total. The molecular formula is C42H28Cl2N2O5. The van der Waals surface area contributed by atoms with Crippen LogP contribution >= 0.6 is 23.2 Å². The van der Waals surface area contributed by atoms with E-state index in [4.69, 9.17) is 27.9 Å². The van der Waals surface area contributed by atoms with Gasteiger partial charge in [0.1, 0.15) is 11.5 Å². The largest absolute Gasteiger partial charge is 0.456 e. The molecule has 0 aromatic heterocycles. The van der Waals surface area contributed by atoms with Gasteiger partial charge in [-0.2, -0.15) is 0 Å². The van der Waals surface area contributed by atoms with E-state index in [9.17, 15) is 19.2 Å². The van der Waals surface area contributed by atoms with Crippen molar-refractivity contribution in [2.45, 2.75) is 33.2 Å². The summed E-state index contributed by atoms with van der Waals surface area (Å²) in [4.78, 5) is 58.7. The van der Waals surface area contributed by atoms with Crippen molar-refractivity contribution in [1.82, 2.24) is 4.90 Å². The Balaban J connectivity index is 1.17. The van der Waals surface area contributed by atoms with Crippen molar-refractivity contribution in [2.24, 2.45) is 5.92 Å². The lowest BCUT2D eigenvalue weighted by molar-refractivity contribution is 0.0535. The van der Waals surface area contributed by atoms with Gasteiger partial charge in [-0.05, 0) is 118 Å². The fourth-order valence-electron chi connectivity index (χ4n) is 8.05. The van der Waals surface area contributed by atoms with Crippen LogP contribution < -0.4 is 9.64 Å². The van der Waals surface area contributed by atoms with E-state index in [0.717, 1.165) is 37.2 Å². The number of nitrogens with zero attached hydrogens (tertiary/aromatic N) is 2. The van der Waals surface area contributed by atoms with Crippen molar-refractivity contribution in [1.29, 1.82) is 0 Å². The van der Waals surface area contributed by atoms with Crippen molar-refractivity contribution < 1.29 is 23.9 Å². The molecule has 0 radical (unpaired) electrons. The molecule has 7 aromatic rings. The van der Waals surface area contributed by atoms with Crippen LogP contribution in [-0.2, 0) is 0 Å². The Kier molecular flexibility index (Phi) is 6.95. The Morgan fingerprint density at radius 2 is 1.04 bits per heavy atom. The third-order valence-corrected chi connectivity index (χ3v) is 10.7. The summed E-state index contributed by atoms with van der Waals surface area (Å²) in [6, 6.07) is 26.1. The number of hydrogen-bond acceptors (Lipinski definition) is 5. The van der Waals surface area contributed by atoms with Crippen LogP contribution in [0.5, 0.6) is 11.5 Å². The van der Waals surface area contributed by atoms with Gasteiger partial charge < -0.3 is 4.74 Å². The summed E-state index contributed by atoms with van der Waals surface area (Å²) in [5.41, 5.74) is 2.08. The van der Waals surface area contributed by atoms with E-state index in [1.165, 1.54) is 4.90 Å². The smallest absolute Gasteiger partial charge is 0.265 e. The summed E-state index contributed by atoms with van der Waals surface area (Å²) >= 11 is 12.6. The average Bonchev–Trinajstić information content (AvgIpc) is 3.10. The Morgan fingerprint density at radius 1 is 0.569 bits per heavy atom. The summed E-state index contributed by atoms with van der Waals surface area (Å²) < 4.78 is 5.91. The van der Waals surface area contributed by atoms with Gasteiger partial charge in [0.2, 0.25) is 0 Å². The molecule has 2 aliphatic heterocycles. The monoisotopic (exact) mass is 710 g/mol. The maximum absolute atomic E-state index is 14.2. The number of halogens is 2. The summed E-state index contributed by atoms with van der Waals surface area (Å²) in [6.45, 7) is 6.08. The van der Waals surface area contributed by atoms with Crippen LogP contribution in [-0.4, -0.2) is 34.6 Å². The molecule has 1 atom stereocenters.